The molecular formula is C24H22N2O5. The lowest BCUT2D eigenvalue weighted by molar-refractivity contribution is -0.117. The molecule has 1 aliphatic rings. The maximum atomic E-state index is 12.8. The van der Waals surface area contributed by atoms with E-state index in [1.165, 1.54) is 0 Å². The first-order valence-corrected chi connectivity index (χ1v) is 10.0. The number of anilines is 1. The van der Waals surface area contributed by atoms with Crippen molar-refractivity contribution in [3.63, 3.8) is 0 Å². The van der Waals surface area contributed by atoms with Crippen LogP contribution in [0, 0.1) is 0 Å². The van der Waals surface area contributed by atoms with Gasteiger partial charge < -0.3 is 29.3 Å². The number of amides is 1. The highest BCUT2D eigenvalue weighted by Crippen LogP contribution is 2.36. The van der Waals surface area contributed by atoms with Gasteiger partial charge in [0, 0.05) is 23.4 Å². The van der Waals surface area contributed by atoms with Crippen LogP contribution in [0.15, 0.2) is 59.0 Å². The second-order valence-electron chi connectivity index (χ2n) is 7.43. The number of carbonyl (C=O) groups excluding carboxylic acids is 1. The number of hydrogen-bond acceptors (Lipinski definition) is 6. The van der Waals surface area contributed by atoms with Gasteiger partial charge in [-0.15, -0.1) is 0 Å². The van der Waals surface area contributed by atoms with E-state index >= 15 is 0 Å². The highest BCUT2D eigenvalue weighted by molar-refractivity contribution is 6.08. The topological polar surface area (TPSA) is 82.0 Å². The lowest BCUT2D eigenvalue weighted by Crippen LogP contribution is -2.37. The van der Waals surface area contributed by atoms with Crippen molar-refractivity contribution in [2.75, 3.05) is 19.2 Å². The van der Waals surface area contributed by atoms with Gasteiger partial charge in [0.1, 0.15) is 16.9 Å². The Morgan fingerprint density at radius 2 is 1.87 bits per heavy atom. The molecule has 7 nitrogen and oxygen atoms in total. The summed E-state index contributed by atoms with van der Waals surface area (Å²) in [7, 11) is 1.58. The van der Waals surface area contributed by atoms with Crippen molar-refractivity contribution in [3.8, 4) is 17.2 Å². The Morgan fingerprint density at radius 1 is 1.03 bits per heavy atom. The van der Waals surface area contributed by atoms with Crippen molar-refractivity contribution in [2.45, 2.75) is 19.5 Å². The Labute approximate surface area is 178 Å². The zero-order chi connectivity index (χ0) is 21.4. The minimum atomic E-state index is -0.429. The molecule has 158 valence electrons. The molecule has 0 saturated heterocycles. The normalized spacial score (nSPS) is 13.5. The van der Waals surface area contributed by atoms with Gasteiger partial charge in [-0.3, -0.25) is 4.79 Å². The molecule has 5 rings (SSSR count). The van der Waals surface area contributed by atoms with E-state index in [1.807, 2.05) is 55.5 Å². The number of hydrogen-bond donors (Lipinski definition) is 2. The largest absolute Gasteiger partial charge is 0.495 e. The van der Waals surface area contributed by atoms with Gasteiger partial charge >= 0.3 is 0 Å². The van der Waals surface area contributed by atoms with E-state index in [2.05, 4.69) is 10.6 Å². The predicted molar refractivity (Wildman–Crippen MR) is 118 cm³/mol. The Balaban J connectivity index is 1.31. The zero-order valence-corrected chi connectivity index (χ0v) is 17.2. The van der Waals surface area contributed by atoms with Crippen LogP contribution in [0.1, 0.15) is 12.5 Å². The van der Waals surface area contributed by atoms with Crippen LogP contribution in [0.3, 0.4) is 0 Å². The molecule has 31 heavy (non-hydrogen) atoms. The third-order valence-electron chi connectivity index (χ3n) is 5.40. The molecule has 0 radical (unpaired) electrons. The maximum Gasteiger partial charge on any atom is 0.241 e. The van der Waals surface area contributed by atoms with Gasteiger partial charge in [-0.2, -0.15) is 0 Å². The number of para-hydroxylation sites is 1. The molecule has 0 bridgehead atoms. The van der Waals surface area contributed by atoms with Crippen LogP contribution in [0.25, 0.3) is 21.9 Å². The van der Waals surface area contributed by atoms with Crippen molar-refractivity contribution in [1.82, 2.24) is 5.32 Å². The molecule has 0 fully saturated rings. The fraction of sp³-hybridized carbons (Fsp3) is 0.208. The summed E-state index contributed by atoms with van der Waals surface area (Å²) in [6.07, 6.45) is 0. The van der Waals surface area contributed by atoms with Gasteiger partial charge in [-0.05, 0) is 36.8 Å². The van der Waals surface area contributed by atoms with Crippen molar-refractivity contribution in [2.24, 2.45) is 0 Å². The minimum absolute atomic E-state index is 0.172. The smallest absolute Gasteiger partial charge is 0.241 e. The SMILES string of the molecule is COc1cc2c(cc1NC(=O)[C@H](C)NCc1ccc3c(c1)OCO3)oc1ccccc12. The molecule has 2 N–H and O–H groups in total. The predicted octanol–water partition coefficient (Wildman–Crippen LogP) is 4.44. The van der Waals surface area contributed by atoms with E-state index in [4.69, 9.17) is 18.6 Å². The van der Waals surface area contributed by atoms with Gasteiger partial charge in [-0.1, -0.05) is 24.3 Å². The first kappa shape index (κ1) is 19.3. The van der Waals surface area contributed by atoms with Crippen LogP contribution in [0.5, 0.6) is 17.2 Å². The molecule has 0 unspecified atom stereocenters. The molecule has 1 amide bonds. The van der Waals surface area contributed by atoms with Gasteiger partial charge in [0.25, 0.3) is 0 Å². The molecule has 1 atom stereocenters. The van der Waals surface area contributed by atoms with Gasteiger partial charge in [0.15, 0.2) is 11.5 Å². The Bertz CT molecular complexity index is 1280. The average molecular weight is 418 g/mol. The summed E-state index contributed by atoms with van der Waals surface area (Å²) in [4.78, 5) is 12.8. The summed E-state index contributed by atoms with van der Waals surface area (Å²) in [6, 6.07) is 16.8. The third-order valence-corrected chi connectivity index (χ3v) is 5.40. The summed E-state index contributed by atoms with van der Waals surface area (Å²) in [5, 5.41) is 8.13. The van der Waals surface area contributed by atoms with E-state index in [0.717, 1.165) is 33.4 Å². The Hall–Kier alpha value is -3.71. The molecule has 7 heteroatoms. The van der Waals surface area contributed by atoms with Crippen molar-refractivity contribution < 1.29 is 23.4 Å². The third kappa shape index (κ3) is 3.64. The lowest BCUT2D eigenvalue weighted by atomic mass is 10.1. The second-order valence-corrected chi connectivity index (χ2v) is 7.43. The van der Waals surface area contributed by atoms with E-state index in [-0.39, 0.29) is 12.7 Å². The number of nitrogens with one attached hydrogen (secondary N) is 2. The van der Waals surface area contributed by atoms with Crippen molar-refractivity contribution >= 4 is 33.5 Å². The second kappa shape index (κ2) is 7.85. The van der Waals surface area contributed by atoms with Gasteiger partial charge in [-0.25, -0.2) is 0 Å². The Kier molecular flexibility index (Phi) is 4.88. The monoisotopic (exact) mass is 418 g/mol. The fourth-order valence-corrected chi connectivity index (χ4v) is 3.67. The van der Waals surface area contributed by atoms with Crippen LogP contribution in [-0.4, -0.2) is 25.9 Å². The van der Waals surface area contributed by atoms with Crippen LogP contribution >= 0.6 is 0 Å². The molecule has 3 aromatic carbocycles. The number of methoxy groups -OCH3 is 1. The van der Waals surface area contributed by atoms with E-state index in [0.29, 0.717) is 23.6 Å². The Morgan fingerprint density at radius 3 is 2.74 bits per heavy atom. The molecule has 2 heterocycles. The lowest BCUT2D eigenvalue weighted by Gasteiger charge is -2.16. The minimum Gasteiger partial charge on any atom is -0.495 e. The first-order chi connectivity index (χ1) is 15.1. The van der Waals surface area contributed by atoms with Crippen molar-refractivity contribution in [3.05, 3.63) is 60.2 Å². The number of furan rings is 1. The summed E-state index contributed by atoms with van der Waals surface area (Å²) >= 11 is 0. The summed E-state index contributed by atoms with van der Waals surface area (Å²) in [5.74, 6) is 1.87. The van der Waals surface area contributed by atoms with Crippen LogP contribution in [0.2, 0.25) is 0 Å². The molecule has 1 aromatic heterocycles. The molecule has 0 spiro atoms. The van der Waals surface area contributed by atoms with E-state index in [9.17, 15) is 4.79 Å². The maximum absolute atomic E-state index is 12.8. The molecule has 4 aromatic rings. The quantitative estimate of drug-likeness (QED) is 0.482. The van der Waals surface area contributed by atoms with Crippen molar-refractivity contribution in [1.29, 1.82) is 0 Å². The number of ether oxygens (including phenoxy) is 3. The molecule has 0 aliphatic carbocycles. The molecule has 0 saturated carbocycles. The first-order valence-electron chi connectivity index (χ1n) is 10.0. The van der Waals surface area contributed by atoms with Gasteiger partial charge in [0.2, 0.25) is 12.7 Å². The fourth-order valence-electron chi connectivity index (χ4n) is 3.67. The average Bonchev–Trinajstić information content (AvgIpc) is 3.40. The highest BCUT2D eigenvalue weighted by Gasteiger charge is 2.18. The number of fused-ring (bicyclic) bond motifs is 4. The summed E-state index contributed by atoms with van der Waals surface area (Å²) < 4.78 is 22.2. The molecular weight excluding hydrogens is 396 g/mol. The van der Waals surface area contributed by atoms with Crippen LogP contribution < -0.4 is 24.8 Å². The van der Waals surface area contributed by atoms with Crippen LogP contribution in [0.4, 0.5) is 5.69 Å². The number of carbonyl (C=O) groups is 1. The molecule has 1 aliphatic heterocycles. The summed E-state index contributed by atoms with van der Waals surface area (Å²) in [6.45, 7) is 2.57. The zero-order valence-electron chi connectivity index (χ0n) is 17.2. The standard InChI is InChI=1S/C24H22N2O5/c1-14(25-12-15-7-8-20-23(9-15)30-13-29-20)24(27)26-18-11-21-17(10-22(18)28-2)16-5-3-4-6-19(16)31-21/h3-11,14,25H,12-13H2,1-2H3,(H,26,27)/t14-/m0/s1. The number of rotatable bonds is 6. The van der Waals surface area contributed by atoms with E-state index < -0.39 is 6.04 Å². The van der Waals surface area contributed by atoms with Crippen LogP contribution in [-0.2, 0) is 11.3 Å². The van der Waals surface area contributed by atoms with E-state index in [1.54, 1.807) is 13.2 Å². The van der Waals surface area contributed by atoms with Gasteiger partial charge in [0.05, 0.1) is 18.8 Å². The highest BCUT2D eigenvalue weighted by atomic mass is 16.7. The number of benzene rings is 3. The summed E-state index contributed by atoms with van der Waals surface area (Å²) in [5.41, 5.74) is 3.06.